The van der Waals surface area contributed by atoms with Crippen molar-refractivity contribution in [3.05, 3.63) is 164 Å². The lowest BCUT2D eigenvalue weighted by Crippen LogP contribution is -2.46. The summed E-state index contributed by atoms with van der Waals surface area (Å²) < 4.78 is 6.51. The minimum atomic E-state index is 0.908. The van der Waals surface area contributed by atoms with Gasteiger partial charge >= 0.3 is 0 Å². The molecule has 0 bridgehead atoms. The molecule has 1 heterocycles. The zero-order chi connectivity index (χ0) is 35.3. The highest BCUT2D eigenvalue weighted by molar-refractivity contribution is 6.63. The first-order chi connectivity index (χ1) is 25.5. The molecule has 242 valence electrons. The molecule has 2 nitrogen and oxygen atoms in total. The van der Waals surface area contributed by atoms with Crippen molar-refractivity contribution in [1.29, 1.82) is 0 Å². The van der Waals surface area contributed by atoms with Gasteiger partial charge in [0.25, 0.3) is 0 Å². The van der Waals surface area contributed by atoms with Crippen LogP contribution in [0.5, 0.6) is 0 Å². The third-order valence-corrected chi connectivity index (χ3v) is 10.9. The first-order valence-electron chi connectivity index (χ1n) is 18.0. The SMILES string of the molecule is Bc1c(B)c(N(c2ccccc2)c2ccc(-c3cccc4oc5c6ccccc6ccc5c34)cc2)c(B)c(B)c1-c1ccc(-c2ccccc2)cc1. The summed E-state index contributed by atoms with van der Waals surface area (Å²) in [5.74, 6) is 0. The zero-order valence-electron chi connectivity index (χ0n) is 29.9. The van der Waals surface area contributed by atoms with Gasteiger partial charge in [0.1, 0.15) is 42.6 Å². The van der Waals surface area contributed by atoms with Crippen molar-refractivity contribution < 1.29 is 4.42 Å². The molecule has 52 heavy (non-hydrogen) atoms. The topological polar surface area (TPSA) is 16.4 Å². The third kappa shape index (κ3) is 5.26. The predicted octanol–water partition coefficient (Wildman–Crippen LogP) is 6.24. The van der Waals surface area contributed by atoms with E-state index in [1.807, 2.05) is 0 Å². The molecular weight excluding hydrogens is 626 g/mol. The van der Waals surface area contributed by atoms with E-state index < -0.39 is 0 Å². The second-order valence-corrected chi connectivity index (χ2v) is 13.8. The van der Waals surface area contributed by atoms with Crippen LogP contribution in [0.3, 0.4) is 0 Å². The molecule has 0 amide bonds. The van der Waals surface area contributed by atoms with Gasteiger partial charge in [-0.15, -0.1) is 0 Å². The Balaban J connectivity index is 1.15. The largest absolute Gasteiger partial charge is 0.455 e. The van der Waals surface area contributed by atoms with Crippen LogP contribution in [-0.2, 0) is 0 Å². The van der Waals surface area contributed by atoms with Crippen molar-refractivity contribution in [3.8, 4) is 33.4 Å². The first-order valence-corrected chi connectivity index (χ1v) is 18.0. The molecule has 9 aromatic rings. The summed E-state index contributed by atoms with van der Waals surface area (Å²) in [6.07, 6.45) is 0. The first kappa shape index (κ1) is 31.8. The summed E-state index contributed by atoms with van der Waals surface area (Å²) >= 11 is 0. The Kier molecular flexibility index (Phi) is 7.89. The van der Waals surface area contributed by atoms with Crippen molar-refractivity contribution >= 4 is 103 Å². The van der Waals surface area contributed by atoms with Gasteiger partial charge in [0.15, 0.2) is 0 Å². The van der Waals surface area contributed by atoms with Gasteiger partial charge < -0.3 is 9.32 Å². The summed E-state index contributed by atoms with van der Waals surface area (Å²) in [5.41, 5.74) is 17.9. The number of hydrogen-bond donors (Lipinski definition) is 0. The molecule has 0 saturated heterocycles. The van der Waals surface area contributed by atoms with Crippen LogP contribution in [-0.4, -0.2) is 31.4 Å². The Labute approximate surface area is 308 Å². The van der Waals surface area contributed by atoms with Gasteiger partial charge in [0.05, 0.1) is 0 Å². The van der Waals surface area contributed by atoms with E-state index >= 15 is 0 Å². The van der Waals surface area contributed by atoms with Crippen LogP contribution in [0.25, 0.3) is 66.1 Å². The molecule has 0 N–H and O–H groups in total. The van der Waals surface area contributed by atoms with Crippen LogP contribution in [0, 0.1) is 0 Å². The highest BCUT2D eigenvalue weighted by atomic mass is 16.3. The Morgan fingerprint density at radius 1 is 0.404 bits per heavy atom. The fraction of sp³-hybridized carbons (Fsp3) is 0. The molecule has 0 aliphatic carbocycles. The molecule has 0 fully saturated rings. The summed E-state index contributed by atoms with van der Waals surface area (Å²) in [6.45, 7) is 0. The van der Waals surface area contributed by atoms with Gasteiger partial charge in [0, 0.05) is 33.2 Å². The molecule has 9 rings (SSSR count). The second kappa shape index (κ2) is 12.9. The molecule has 0 spiro atoms. The van der Waals surface area contributed by atoms with E-state index in [0.717, 1.165) is 44.3 Å². The standard InChI is InChI=1S/C46H35B4NO/c47-41-39(32-20-18-29(19-21-32)28-10-3-1-4-11-28)42(48)44(50)45(43(41)49)51(33-13-5-2-6-14-33)34-25-22-31(23-26-34)35-16-9-17-38-40(35)37-27-24-30-12-7-8-15-36(30)46(37)52-38/h1-27H,47-50H2. The molecule has 0 radical (unpaired) electrons. The number of benzene rings is 8. The van der Waals surface area contributed by atoms with Crippen LogP contribution in [0.1, 0.15) is 0 Å². The van der Waals surface area contributed by atoms with Crippen molar-refractivity contribution in [1.82, 2.24) is 0 Å². The van der Waals surface area contributed by atoms with Gasteiger partial charge in [-0.2, -0.15) is 0 Å². The van der Waals surface area contributed by atoms with E-state index in [-0.39, 0.29) is 0 Å². The maximum Gasteiger partial charge on any atom is 0.143 e. The third-order valence-electron chi connectivity index (χ3n) is 10.9. The molecule has 0 aliphatic heterocycles. The van der Waals surface area contributed by atoms with E-state index in [1.165, 1.54) is 60.7 Å². The molecular formula is C46H35B4NO. The van der Waals surface area contributed by atoms with E-state index in [0.29, 0.717) is 0 Å². The van der Waals surface area contributed by atoms with E-state index in [9.17, 15) is 0 Å². The van der Waals surface area contributed by atoms with Gasteiger partial charge in [-0.1, -0.05) is 149 Å². The lowest BCUT2D eigenvalue weighted by Gasteiger charge is -2.32. The molecule has 1 aromatic heterocycles. The van der Waals surface area contributed by atoms with Crippen LogP contribution in [0.2, 0.25) is 0 Å². The van der Waals surface area contributed by atoms with Gasteiger partial charge in [0.2, 0.25) is 0 Å². The van der Waals surface area contributed by atoms with Crippen molar-refractivity contribution in [2.24, 2.45) is 0 Å². The Morgan fingerprint density at radius 3 is 1.69 bits per heavy atom. The molecule has 0 unspecified atom stereocenters. The lowest BCUT2D eigenvalue weighted by molar-refractivity contribution is 0.673. The molecule has 0 aliphatic rings. The number of para-hydroxylation sites is 1. The number of hydrogen-bond acceptors (Lipinski definition) is 2. The van der Waals surface area contributed by atoms with Gasteiger partial charge in [-0.3, -0.25) is 0 Å². The molecule has 6 heteroatoms. The van der Waals surface area contributed by atoms with Crippen molar-refractivity contribution in [2.75, 3.05) is 4.90 Å². The molecule has 0 saturated carbocycles. The number of fused-ring (bicyclic) bond motifs is 5. The highest BCUT2D eigenvalue weighted by Gasteiger charge is 2.23. The second-order valence-electron chi connectivity index (χ2n) is 13.8. The summed E-state index contributed by atoms with van der Waals surface area (Å²) in [6, 6.07) is 58.6. The quantitative estimate of drug-likeness (QED) is 0.196. The van der Waals surface area contributed by atoms with Crippen LogP contribution in [0.15, 0.2) is 168 Å². The Morgan fingerprint density at radius 2 is 0.981 bits per heavy atom. The summed E-state index contributed by atoms with van der Waals surface area (Å²) in [7, 11) is 9.10. The fourth-order valence-corrected chi connectivity index (χ4v) is 8.09. The normalized spacial score (nSPS) is 11.4. The van der Waals surface area contributed by atoms with Crippen molar-refractivity contribution in [3.63, 3.8) is 0 Å². The average molecular weight is 661 g/mol. The maximum absolute atomic E-state index is 6.51. The molecule has 8 aromatic carbocycles. The van der Waals surface area contributed by atoms with E-state index in [2.05, 4.69) is 200 Å². The smallest absolute Gasteiger partial charge is 0.143 e. The van der Waals surface area contributed by atoms with E-state index in [4.69, 9.17) is 4.42 Å². The predicted molar refractivity (Wildman–Crippen MR) is 235 cm³/mol. The number of nitrogens with zero attached hydrogens (tertiary/aromatic N) is 1. The maximum atomic E-state index is 6.51. The number of anilines is 3. The molecule has 0 atom stereocenters. The monoisotopic (exact) mass is 661 g/mol. The number of furan rings is 1. The van der Waals surface area contributed by atoms with Crippen LogP contribution >= 0.6 is 0 Å². The van der Waals surface area contributed by atoms with Gasteiger partial charge in [-0.05, 0) is 75.2 Å². The van der Waals surface area contributed by atoms with Gasteiger partial charge in [-0.25, -0.2) is 0 Å². The fourth-order valence-electron chi connectivity index (χ4n) is 8.09. The highest BCUT2D eigenvalue weighted by Crippen LogP contribution is 2.41. The Bertz CT molecular complexity index is 2730. The minimum Gasteiger partial charge on any atom is -0.455 e. The Hall–Kier alpha value is -6.12. The summed E-state index contributed by atoms with van der Waals surface area (Å²) in [5, 5.41) is 4.63. The van der Waals surface area contributed by atoms with E-state index in [1.54, 1.807) is 0 Å². The summed E-state index contributed by atoms with van der Waals surface area (Å²) in [4.78, 5) is 2.43. The van der Waals surface area contributed by atoms with Crippen molar-refractivity contribution in [2.45, 2.75) is 0 Å². The van der Waals surface area contributed by atoms with Crippen LogP contribution in [0.4, 0.5) is 17.1 Å². The zero-order valence-corrected chi connectivity index (χ0v) is 29.9. The number of rotatable bonds is 6. The average Bonchev–Trinajstić information content (AvgIpc) is 3.60. The minimum absolute atomic E-state index is 0.908. The van der Waals surface area contributed by atoms with Crippen LogP contribution < -0.4 is 26.8 Å². The lowest BCUT2D eigenvalue weighted by atomic mass is 9.64.